The fourth-order valence-corrected chi connectivity index (χ4v) is 0. The molecule has 0 bridgehead atoms. The maximum Gasteiger partial charge on any atom is 4.00 e. The van der Waals surface area contributed by atoms with Gasteiger partial charge in [0.05, 0.1) is 0 Å². The molecule has 0 atom stereocenters. The van der Waals surface area contributed by atoms with Crippen LogP contribution in [0.3, 0.4) is 0 Å². The molecule has 13 heteroatoms. The first-order valence-corrected chi connectivity index (χ1v) is 4.38. The third-order valence-electron chi connectivity index (χ3n) is 0. The summed E-state index contributed by atoms with van der Waals surface area (Å²) in [7, 11) is -10.8. The summed E-state index contributed by atoms with van der Waals surface area (Å²) in [5, 5.41) is 0. The van der Waals surface area contributed by atoms with E-state index in [1.54, 1.807) is 0 Å². The van der Waals surface area contributed by atoms with Crippen LogP contribution in [0, 0.1) is 0 Å². The summed E-state index contributed by atoms with van der Waals surface area (Å²) in [6.45, 7) is 0. The first kappa shape index (κ1) is 29.8. The molecule has 0 saturated heterocycles. The van der Waals surface area contributed by atoms with Crippen LogP contribution in [-0.2, 0) is 9.13 Å². The van der Waals surface area contributed by atoms with Crippen LogP contribution in [0.2, 0.25) is 0 Å². The minimum atomic E-state index is -5.39. The number of hydrogen-bond acceptors (Lipinski definition) is 8. The Hall–Kier alpha value is 3.02. The van der Waals surface area contributed by atoms with E-state index in [-0.39, 0.29) is 83.0 Å². The van der Waals surface area contributed by atoms with Crippen LogP contribution in [-0.4, -0.2) is 23.9 Å². The second kappa shape index (κ2) is 13.1. The van der Waals surface area contributed by atoms with Crippen LogP contribution in [0.5, 0.6) is 0 Å². The molecule has 0 amide bonds. The molecule has 0 aromatic rings. The molecule has 0 unspecified atom stereocenters. The molecule has 0 saturated carbocycles. The minimum Gasteiger partial charge on any atom is -0.822 e. The van der Waals surface area contributed by atoms with Gasteiger partial charge in [-0.3, -0.25) is 0 Å². The largest absolute Gasteiger partial charge is 4.00 e. The van der Waals surface area contributed by atoms with Crippen molar-refractivity contribution in [2.24, 2.45) is 0 Å². The average Bonchev–Trinajstić information content (AvgIpc) is 1.12. The second-order valence-corrected chi connectivity index (χ2v) is 2.68. The fraction of sp³-hybridized carbons (Fsp3) is 0. The molecule has 0 fully saturated rings. The minimum absolute atomic E-state index is 0. The maximum absolute atomic E-state index is 8.55. The molecule has 8 nitrogen and oxygen atoms in total. The Morgan fingerprint density at radius 2 is 0.615 bits per heavy atom. The van der Waals surface area contributed by atoms with E-state index < -0.39 is 15.6 Å². The SMILES string of the molecule is O=P([O-])([O-])[O-].O=P([O-])([O-])[O-].[Na+].[Na+].[Sn+4]. The van der Waals surface area contributed by atoms with Crippen molar-refractivity contribution in [2.45, 2.75) is 0 Å². The van der Waals surface area contributed by atoms with Crippen LogP contribution in [0.25, 0.3) is 0 Å². The van der Waals surface area contributed by atoms with Crippen molar-refractivity contribution in [1.29, 1.82) is 0 Å². The van der Waals surface area contributed by atoms with Gasteiger partial charge >= 0.3 is 83.0 Å². The predicted octanol–water partition coefficient (Wildman–Crippen LogP) is -12.0. The second-order valence-electron chi connectivity index (χ2n) is 0.894. The van der Waals surface area contributed by atoms with E-state index in [4.69, 9.17) is 38.5 Å². The number of phosphoric acid groups is 2. The van der Waals surface area contributed by atoms with Crippen LogP contribution >= 0.6 is 15.6 Å². The van der Waals surface area contributed by atoms with Crippen molar-refractivity contribution in [2.75, 3.05) is 0 Å². The Morgan fingerprint density at radius 3 is 0.615 bits per heavy atom. The normalized spacial score (nSPS) is 9.08. The summed E-state index contributed by atoms with van der Waals surface area (Å²) >= 11 is 0. The van der Waals surface area contributed by atoms with Crippen molar-refractivity contribution in [3.63, 3.8) is 0 Å². The van der Waals surface area contributed by atoms with E-state index >= 15 is 0 Å². The van der Waals surface area contributed by atoms with Crippen LogP contribution in [0.4, 0.5) is 0 Å². The van der Waals surface area contributed by atoms with Gasteiger partial charge in [-0.2, -0.15) is 15.6 Å². The van der Waals surface area contributed by atoms with Crippen molar-refractivity contribution < 1.29 is 97.6 Å². The molecule has 0 radical (unpaired) electrons. The Morgan fingerprint density at radius 1 is 0.615 bits per heavy atom. The summed E-state index contributed by atoms with van der Waals surface area (Å²) in [4.78, 5) is 51.3. The van der Waals surface area contributed by atoms with Gasteiger partial charge in [0, 0.05) is 0 Å². The van der Waals surface area contributed by atoms with Gasteiger partial charge in [0.15, 0.2) is 0 Å². The Kier molecular flexibility index (Phi) is 30.0. The zero-order valence-corrected chi connectivity index (χ0v) is 15.3. The van der Waals surface area contributed by atoms with Gasteiger partial charge in [-0.1, -0.05) is 0 Å². The molecule has 0 aromatic carbocycles. The fourth-order valence-electron chi connectivity index (χ4n) is 0. The van der Waals surface area contributed by atoms with E-state index in [0.29, 0.717) is 0 Å². The smallest absolute Gasteiger partial charge is 0.822 e. The monoisotopic (exact) mass is 356 g/mol. The third-order valence-corrected chi connectivity index (χ3v) is 0. The summed E-state index contributed by atoms with van der Waals surface area (Å²) < 4.78 is 17.1. The molecule has 0 N–H and O–H groups in total. The average molecular weight is 355 g/mol. The molecule has 0 aliphatic heterocycles. The standard InChI is InChI=1S/2Na.2H3O4P.Sn/c;;2*1-5(2,3)4;/h;;2*(H3,1,2,3,4);/q2*+1;;;+4/p-6. The molecular weight excluding hydrogens is 355 g/mol. The Labute approximate surface area is 135 Å². The molecule has 0 spiro atoms. The van der Waals surface area contributed by atoms with E-state index in [1.807, 2.05) is 0 Å². The molecule has 0 aromatic heterocycles. The molecule has 64 valence electrons. The molecule has 0 rings (SSSR count). The third kappa shape index (κ3) is 279. The van der Waals surface area contributed by atoms with Gasteiger partial charge in [0.25, 0.3) is 0 Å². The molecule has 13 heavy (non-hydrogen) atoms. The predicted molar refractivity (Wildman–Crippen MR) is 21.0 cm³/mol. The van der Waals surface area contributed by atoms with E-state index in [0.717, 1.165) is 0 Å². The summed E-state index contributed by atoms with van der Waals surface area (Å²) in [6.07, 6.45) is 0. The van der Waals surface area contributed by atoms with E-state index in [2.05, 4.69) is 0 Å². The Bertz CT molecular complexity index is 132. The van der Waals surface area contributed by atoms with Crippen molar-refractivity contribution in [3.8, 4) is 0 Å². The first-order chi connectivity index (χ1) is 4.00. The van der Waals surface area contributed by atoms with Gasteiger partial charge in [0.1, 0.15) is 0 Å². The summed E-state index contributed by atoms with van der Waals surface area (Å²) in [5.41, 5.74) is 0. The van der Waals surface area contributed by atoms with Crippen LogP contribution in [0.15, 0.2) is 0 Å². The van der Waals surface area contributed by atoms with Gasteiger partial charge in [-0.15, -0.1) is 0 Å². The van der Waals surface area contributed by atoms with Crippen LogP contribution < -0.4 is 88.5 Å². The first-order valence-electron chi connectivity index (χ1n) is 1.46. The molecular formula is Na2O8P2Sn. The van der Waals surface area contributed by atoms with Crippen molar-refractivity contribution in [3.05, 3.63) is 0 Å². The summed E-state index contributed by atoms with van der Waals surface area (Å²) in [6, 6.07) is 0. The van der Waals surface area contributed by atoms with Gasteiger partial charge in [0.2, 0.25) is 0 Å². The Balaban J connectivity index is -0.0000000267. The van der Waals surface area contributed by atoms with Crippen molar-refractivity contribution >= 4 is 39.6 Å². The number of rotatable bonds is 0. The summed E-state index contributed by atoms with van der Waals surface area (Å²) in [5.74, 6) is 0. The quantitative estimate of drug-likeness (QED) is 0.304. The van der Waals surface area contributed by atoms with Crippen molar-refractivity contribution in [1.82, 2.24) is 0 Å². The van der Waals surface area contributed by atoms with Gasteiger partial charge < -0.3 is 38.5 Å². The molecule has 0 heterocycles. The topological polar surface area (TPSA) is 172 Å². The zero-order chi connectivity index (χ0) is 9.00. The number of hydrogen-bond donors (Lipinski definition) is 0. The maximum atomic E-state index is 8.55. The van der Waals surface area contributed by atoms with E-state index in [9.17, 15) is 0 Å². The zero-order valence-electron chi connectivity index (χ0n) is 6.66. The van der Waals surface area contributed by atoms with Gasteiger partial charge in [-0.05, 0) is 0 Å². The molecule has 0 aliphatic carbocycles. The van der Waals surface area contributed by atoms with E-state index in [1.165, 1.54) is 0 Å². The van der Waals surface area contributed by atoms with Crippen LogP contribution in [0.1, 0.15) is 0 Å². The molecule has 0 aliphatic rings. The van der Waals surface area contributed by atoms with Gasteiger partial charge in [-0.25, -0.2) is 0 Å².